The number of hydrogen-bond donors (Lipinski definition) is 1. The third kappa shape index (κ3) is 3.34. The van der Waals surface area contributed by atoms with Crippen LogP contribution in [0.2, 0.25) is 5.02 Å². The third-order valence-corrected chi connectivity index (χ3v) is 5.83. The van der Waals surface area contributed by atoms with E-state index in [-0.39, 0.29) is 9.92 Å². The number of sulfonamides is 1. The highest BCUT2D eigenvalue weighted by atomic mass is 35.5. The van der Waals surface area contributed by atoms with E-state index in [0.717, 1.165) is 10.4 Å². The van der Waals surface area contributed by atoms with Crippen molar-refractivity contribution in [3.05, 3.63) is 32.8 Å². The average Bonchev–Trinajstić information content (AvgIpc) is 2.36. The second kappa shape index (κ2) is 5.88. The molecular weight excluding hydrogens is 320 g/mol. The number of aliphatic hydroxyl groups excluding tert-OH is 1. The van der Waals surface area contributed by atoms with Crippen LogP contribution in [-0.4, -0.2) is 41.9 Å². The molecule has 0 radical (unpaired) electrons. The highest BCUT2D eigenvalue weighted by Gasteiger charge is 2.35. The summed E-state index contributed by atoms with van der Waals surface area (Å²) in [5.74, 6) is 0. The minimum atomic E-state index is -4.00. The van der Waals surface area contributed by atoms with Crippen molar-refractivity contribution < 1.29 is 18.4 Å². The molecule has 0 saturated carbocycles. The number of nitro benzene ring substituents is 1. The molecule has 9 heteroatoms. The number of nitrogens with zero attached hydrogens (tertiary/aromatic N) is 2. The molecule has 0 atom stereocenters. The van der Waals surface area contributed by atoms with Crippen molar-refractivity contribution in [1.29, 1.82) is 0 Å². The lowest BCUT2D eigenvalue weighted by atomic mass is 10.1. The normalized spacial score (nSPS) is 12.7. The van der Waals surface area contributed by atoms with Gasteiger partial charge in [-0.3, -0.25) is 10.1 Å². The molecule has 0 aliphatic carbocycles. The zero-order chi connectivity index (χ0) is 16.6. The highest BCUT2D eigenvalue weighted by Crippen LogP contribution is 2.32. The van der Waals surface area contributed by atoms with Crippen LogP contribution in [0.15, 0.2) is 17.0 Å². The first kappa shape index (κ1) is 17.8. The Bertz CT molecular complexity index is 672. The lowest BCUT2D eigenvalue weighted by molar-refractivity contribution is -0.384. The first-order valence-electron chi connectivity index (χ1n) is 5.99. The van der Waals surface area contributed by atoms with Gasteiger partial charge in [0.1, 0.15) is 5.02 Å². The van der Waals surface area contributed by atoms with Crippen molar-refractivity contribution in [2.45, 2.75) is 31.2 Å². The van der Waals surface area contributed by atoms with E-state index in [0.29, 0.717) is 5.56 Å². The largest absolute Gasteiger partial charge is 0.394 e. The molecule has 0 aromatic heterocycles. The van der Waals surface area contributed by atoms with Gasteiger partial charge < -0.3 is 5.11 Å². The van der Waals surface area contributed by atoms with Crippen molar-refractivity contribution >= 4 is 27.3 Å². The lowest BCUT2D eigenvalue weighted by Gasteiger charge is -2.33. The Balaban J connectivity index is 3.52. The fourth-order valence-electron chi connectivity index (χ4n) is 1.63. The predicted molar refractivity (Wildman–Crippen MR) is 79.0 cm³/mol. The zero-order valence-electron chi connectivity index (χ0n) is 12.1. The van der Waals surface area contributed by atoms with Crippen molar-refractivity contribution in [2.24, 2.45) is 0 Å². The molecule has 0 heterocycles. The summed E-state index contributed by atoms with van der Waals surface area (Å²) in [6, 6.07) is 2.18. The van der Waals surface area contributed by atoms with Crippen LogP contribution in [0.3, 0.4) is 0 Å². The second-order valence-electron chi connectivity index (χ2n) is 5.27. The van der Waals surface area contributed by atoms with Gasteiger partial charge in [0.15, 0.2) is 0 Å². The molecule has 7 nitrogen and oxygen atoms in total. The summed E-state index contributed by atoms with van der Waals surface area (Å²) >= 11 is 5.75. The molecule has 0 amide bonds. The van der Waals surface area contributed by atoms with Crippen molar-refractivity contribution in [3.8, 4) is 0 Å². The van der Waals surface area contributed by atoms with Gasteiger partial charge in [0.05, 0.1) is 22.0 Å². The number of aliphatic hydroxyl groups is 1. The zero-order valence-corrected chi connectivity index (χ0v) is 13.7. The molecule has 0 aliphatic rings. The van der Waals surface area contributed by atoms with Crippen LogP contribution in [0.25, 0.3) is 0 Å². The smallest absolute Gasteiger partial charge is 0.289 e. The van der Waals surface area contributed by atoms with Crippen LogP contribution in [0, 0.1) is 17.0 Å². The molecule has 1 rings (SSSR count). The molecule has 0 unspecified atom stereocenters. The average molecular weight is 337 g/mol. The maximum Gasteiger partial charge on any atom is 0.289 e. The minimum Gasteiger partial charge on any atom is -0.394 e. The molecule has 0 saturated heterocycles. The Morgan fingerprint density at radius 2 is 1.95 bits per heavy atom. The maximum atomic E-state index is 12.6. The van der Waals surface area contributed by atoms with Crippen LogP contribution in [-0.2, 0) is 10.0 Å². The standard InChI is InChI=1S/C12H17ClN2O5S/c1-8-5-9(13)10(15(17)18)6-11(8)21(19,20)14(4)12(2,3)7-16/h5-6,16H,7H2,1-4H3. The van der Waals surface area contributed by atoms with E-state index in [2.05, 4.69) is 0 Å². The van der Waals surface area contributed by atoms with Gasteiger partial charge >= 0.3 is 0 Å². The molecule has 0 spiro atoms. The van der Waals surface area contributed by atoms with Gasteiger partial charge in [0.2, 0.25) is 10.0 Å². The van der Waals surface area contributed by atoms with Gasteiger partial charge in [0, 0.05) is 13.1 Å². The summed E-state index contributed by atoms with van der Waals surface area (Å²) in [5.41, 5.74) is -1.22. The summed E-state index contributed by atoms with van der Waals surface area (Å²) in [4.78, 5) is 9.96. The van der Waals surface area contributed by atoms with Gasteiger partial charge in [-0.1, -0.05) is 11.6 Å². The molecule has 1 aromatic rings. The van der Waals surface area contributed by atoms with E-state index in [1.54, 1.807) is 13.8 Å². The van der Waals surface area contributed by atoms with Crippen molar-refractivity contribution in [1.82, 2.24) is 4.31 Å². The van der Waals surface area contributed by atoms with Crippen molar-refractivity contribution in [3.63, 3.8) is 0 Å². The minimum absolute atomic E-state index is 0.125. The fourth-order valence-corrected chi connectivity index (χ4v) is 3.65. The molecule has 21 heavy (non-hydrogen) atoms. The predicted octanol–water partition coefficient (Wildman–Crippen LogP) is 1.95. The summed E-state index contributed by atoms with van der Waals surface area (Å²) < 4.78 is 26.2. The molecule has 0 aliphatic heterocycles. The first-order chi connectivity index (χ1) is 9.45. The van der Waals surface area contributed by atoms with E-state index in [4.69, 9.17) is 11.6 Å². The summed E-state index contributed by atoms with van der Waals surface area (Å²) in [6.45, 7) is 4.20. The van der Waals surface area contributed by atoms with E-state index in [1.807, 2.05) is 0 Å². The molecular formula is C12H17ClN2O5S. The Kier molecular flexibility index (Phi) is 4.99. The van der Waals surface area contributed by atoms with Crippen molar-refractivity contribution in [2.75, 3.05) is 13.7 Å². The second-order valence-corrected chi connectivity index (χ2v) is 7.61. The fraction of sp³-hybridized carbons (Fsp3) is 0.500. The molecule has 1 N–H and O–H groups in total. The molecule has 118 valence electrons. The lowest BCUT2D eigenvalue weighted by Crippen LogP contribution is -2.47. The number of benzene rings is 1. The van der Waals surface area contributed by atoms with Crippen LogP contribution >= 0.6 is 11.6 Å². The number of rotatable bonds is 5. The van der Waals surface area contributed by atoms with E-state index in [9.17, 15) is 23.6 Å². The maximum absolute atomic E-state index is 12.6. The van der Waals surface area contributed by atoms with Gasteiger partial charge in [-0.25, -0.2) is 8.42 Å². The topological polar surface area (TPSA) is 101 Å². The number of hydrogen-bond acceptors (Lipinski definition) is 5. The van der Waals surface area contributed by atoms with Crippen LogP contribution in [0.5, 0.6) is 0 Å². The first-order valence-corrected chi connectivity index (χ1v) is 7.81. The summed E-state index contributed by atoms with van der Waals surface area (Å²) in [5, 5.41) is 20.1. The number of likely N-dealkylation sites (N-methyl/N-ethyl adjacent to an activating group) is 1. The molecule has 1 aromatic carbocycles. The Labute approximate surface area is 128 Å². The number of nitro groups is 1. The molecule has 0 bridgehead atoms. The highest BCUT2D eigenvalue weighted by molar-refractivity contribution is 7.89. The Morgan fingerprint density at radius 1 is 1.43 bits per heavy atom. The van der Waals surface area contributed by atoms with Crippen LogP contribution < -0.4 is 0 Å². The van der Waals surface area contributed by atoms with Gasteiger partial charge in [-0.05, 0) is 32.4 Å². The van der Waals surface area contributed by atoms with E-state index < -0.39 is 32.8 Å². The SMILES string of the molecule is Cc1cc(Cl)c([N+](=O)[O-])cc1S(=O)(=O)N(C)C(C)(C)CO. The number of aryl methyl sites for hydroxylation is 1. The molecule has 0 fully saturated rings. The van der Waals surface area contributed by atoms with E-state index >= 15 is 0 Å². The summed E-state index contributed by atoms with van der Waals surface area (Å²) in [7, 11) is -2.69. The Morgan fingerprint density at radius 3 is 2.38 bits per heavy atom. The Hall–Kier alpha value is -1.22. The monoisotopic (exact) mass is 336 g/mol. The van der Waals surface area contributed by atoms with Gasteiger partial charge in [-0.15, -0.1) is 0 Å². The van der Waals surface area contributed by atoms with Gasteiger partial charge in [-0.2, -0.15) is 4.31 Å². The quantitative estimate of drug-likeness (QED) is 0.654. The summed E-state index contributed by atoms with van der Waals surface area (Å²) in [6.07, 6.45) is 0. The van der Waals surface area contributed by atoms with Crippen LogP contribution in [0.4, 0.5) is 5.69 Å². The third-order valence-electron chi connectivity index (χ3n) is 3.32. The van der Waals surface area contributed by atoms with E-state index in [1.165, 1.54) is 20.0 Å². The van der Waals surface area contributed by atoms with Crippen LogP contribution in [0.1, 0.15) is 19.4 Å². The van der Waals surface area contributed by atoms with Gasteiger partial charge in [0.25, 0.3) is 5.69 Å². The number of halogens is 1.